The highest BCUT2D eigenvalue weighted by Gasteiger charge is 2.07. The second kappa shape index (κ2) is 4.13. The summed E-state index contributed by atoms with van der Waals surface area (Å²) in [5.41, 5.74) is 2.09. The van der Waals surface area contributed by atoms with Gasteiger partial charge in [0.1, 0.15) is 5.82 Å². The molecule has 0 atom stereocenters. The minimum atomic E-state index is -0.218. The first kappa shape index (κ1) is 10.8. The maximum atomic E-state index is 12.9. The molecule has 0 aliphatic heterocycles. The zero-order valence-corrected chi connectivity index (χ0v) is 10.4. The highest BCUT2D eigenvalue weighted by Crippen LogP contribution is 2.36. The SMILES string of the molecule is Fc1ccc(-c2ccc(Cl)c3sccc23)cc1. The Morgan fingerprint density at radius 3 is 2.47 bits per heavy atom. The number of hydrogen-bond donors (Lipinski definition) is 0. The van der Waals surface area contributed by atoms with E-state index >= 15 is 0 Å². The van der Waals surface area contributed by atoms with E-state index in [2.05, 4.69) is 0 Å². The zero-order valence-electron chi connectivity index (χ0n) is 8.78. The van der Waals surface area contributed by atoms with Gasteiger partial charge in [0.2, 0.25) is 0 Å². The van der Waals surface area contributed by atoms with Crippen LogP contribution in [0.25, 0.3) is 21.2 Å². The number of hydrogen-bond acceptors (Lipinski definition) is 1. The van der Waals surface area contributed by atoms with Crippen LogP contribution in [0.15, 0.2) is 47.8 Å². The predicted molar refractivity (Wildman–Crippen MR) is 72.2 cm³/mol. The van der Waals surface area contributed by atoms with E-state index in [1.165, 1.54) is 12.1 Å². The molecule has 0 bridgehead atoms. The Morgan fingerprint density at radius 2 is 1.71 bits per heavy atom. The van der Waals surface area contributed by atoms with Gasteiger partial charge in [-0.25, -0.2) is 4.39 Å². The fourth-order valence-electron chi connectivity index (χ4n) is 1.91. The summed E-state index contributed by atoms with van der Waals surface area (Å²) in [5, 5.41) is 3.90. The van der Waals surface area contributed by atoms with E-state index in [9.17, 15) is 4.39 Å². The average molecular weight is 263 g/mol. The molecule has 3 aromatic rings. The molecule has 0 fully saturated rings. The summed E-state index contributed by atoms with van der Waals surface area (Å²) < 4.78 is 14.0. The summed E-state index contributed by atoms with van der Waals surface area (Å²) in [6, 6.07) is 12.4. The van der Waals surface area contributed by atoms with Gasteiger partial charge in [0.25, 0.3) is 0 Å². The molecule has 3 rings (SSSR count). The minimum Gasteiger partial charge on any atom is -0.207 e. The Bertz CT molecular complexity index is 670. The van der Waals surface area contributed by atoms with E-state index in [4.69, 9.17) is 11.6 Å². The lowest BCUT2D eigenvalue weighted by atomic mass is 10.0. The van der Waals surface area contributed by atoms with Crippen LogP contribution < -0.4 is 0 Å². The number of benzene rings is 2. The van der Waals surface area contributed by atoms with Crippen molar-refractivity contribution in [2.24, 2.45) is 0 Å². The quantitative estimate of drug-likeness (QED) is 0.554. The number of fused-ring (bicyclic) bond motifs is 1. The van der Waals surface area contributed by atoms with Crippen molar-refractivity contribution in [3.63, 3.8) is 0 Å². The molecular weight excluding hydrogens is 255 g/mol. The molecular formula is C14H8ClFS. The first-order chi connectivity index (χ1) is 8.25. The van der Waals surface area contributed by atoms with Crippen molar-refractivity contribution in [3.8, 4) is 11.1 Å². The van der Waals surface area contributed by atoms with Crippen LogP contribution in [-0.2, 0) is 0 Å². The van der Waals surface area contributed by atoms with Gasteiger partial charge in [-0.3, -0.25) is 0 Å². The van der Waals surface area contributed by atoms with E-state index < -0.39 is 0 Å². The molecule has 0 amide bonds. The van der Waals surface area contributed by atoms with Gasteiger partial charge in [-0.2, -0.15) is 0 Å². The Labute approximate surface area is 107 Å². The monoisotopic (exact) mass is 262 g/mol. The van der Waals surface area contributed by atoms with E-state index in [1.54, 1.807) is 23.5 Å². The van der Waals surface area contributed by atoms with Crippen LogP contribution in [0.5, 0.6) is 0 Å². The highest BCUT2D eigenvalue weighted by molar-refractivity contribution is 7.18. The molecule has 0 saturated carbocycles. The highest BCUT2D eigenvalue weighted by atomic mass is 35.5. The van der Waals surface area contributed by atoms with Crippen molar-refractivity contribution in [1.29, 1.82) is 0 Å². The van der Waals surface area contributed by atoms with Gasteiger partial charge in [0, 0.05) is 5.39 Å². The Morgan fingerprint density at radius 1 is 0.941 bits per heavy atom. The van der Waals surface area contributed by atoms with Gasteiger partial charge in [-0.1, -0.05) is 29.8 Å². The van der Waals surface area contributed by atoms with Gasteiger partial charge in [0.15, 0.2) is 0 Å². The van der Waals surface area contributed by atoms with Crippen molar-refractivity contribution in [2.45, 2.75) is 0 Å². The van der Waals surface area contributed by atoms with Crippen molar-refractivity contribution >= 4 is 33.0 Å². The summed E-state index contributed by atoms with van der Waals surface area (Å²) in [7, 11) is 0. The number of halogens is 2. The molecule has 0 aliphatic rings. The number of thiophene rings is 1. The molecule has 17 heavy (non-hydrogen) atoms. The van der Waals surface area contributed by atoms with Crippen molar-refractivity contribution in [1.82, 2.24) is 0 Å². The van der Waals surface area contributed by atoms with Crippen LogP contribution in [0.4, 0.5) is 4.39 Å². The molecule has 0 saturated heterocycles. The van der Waals surface area contributed by atoms with Gasteiger partial charge < -0.3 is 0 Å². The van der Waals surface area contributed by atoms with E-state index in [0.29, 0.717) is 0 Å². The van der Waals surface area contributed by atoms with Gasteiger partial charge in [0.05, 0.1) is 9.72 Å². The molecule has 1 aromatic heterocycles. The van der Waals surface area contributed by atoms with Crippen molar-refractivity contribution in [3.05, 3.63) is 58.7 Å². The first-order valence-electron chi connectivity index (χ1n) is 5.17. The van der Waals surface area contributed by atoms with Crippen LogP contribution >= 0.6 is 22.9 Å². The normalized spacial score (nSPS) is 10.9. The van der Waals surface area contributed by atoms with Gasteiger partial charge in [-0.05, 0) is 40.8 Å². The maximum Gasteiger partial charge on any atom is 0.123 e. The Kier molecular flexibility index (Phi) is 2.61. The Hall–Kier alpha value is -1.38. The molecule has 84 valence electrons. The second-order valence-corrected chi connectivity index (χ2v) is 5.09. The third-order valence-electron chi connectivity index (χ3n) is 2.72. The lowest BCUT2D eigenvalue weighted by Crippen LogP contribution is -1.80. The first-order valence-corrected chi connectivity index (χ1v) is 6.43. The molecule has 2 aromatic carbocycles. The lowest BCUT2D eigenvalue weighted by Gasteiger charge is -2.04. The van der Waals surface area contributed by atoms with Gasteiger partial charge >= 0.3 is 0 Å². The van der Waals surface area contributed by atoms with Crippen molar-refractivity contribution < 1.29 is 4.39 Å². The van der Waals surface area contributed by atoms with E-state index in [-0.39, 0.29) is 5.82 Å². The van der Waals surface area contributed by atoms with Crippen LogP contribution in [0, 0.1) is 5.82 Å². The summed E-state index contributed by atoms with van der Waals surface area (Å²) in [4.78, 5) is 0. The van der Waals surface area contributed by atoms with Gasteiger partial charge in [-0.15, -0.1) is 11.3 Å². The third kappa shape index (κ3) is 1.84. The molecule has 1 heterocycles. The topological polar surface area (TPSA) is 0 Å². The Balaban J connectivity index is 2.27. The minimum absolute atomic E-state index is 0.218. The van der Waals surface area contributed by atoms with Crippen LogP contribution in [0.2, 0.25) is 5.02 Å². The molecule has 0 unspecified atom stereocenters. The third-order valence-corrected chi connectivity index (χ3v) is 4.10. The van der Waals surface area contributed by atoms with Crippen LogP contribution in [-0.4, -0.2) is 0 Å². The fourth-order valence-corrected chi connectivity index (χ4v) is 3.03. The fraction of sp³-hybridized carbons (Fsp3) is 0. The molecule has 0 nitrogen and oxygen atoms in total. The van der Waals surface area contributed by atoms with Crippen molar-refractivity contribution in [2.75, 3.05) is 0 Å². The standard InChI is InChI=1S/C14H8ClFS/c15-13-6-5-11(12-7-8-17-14(12)13)9-1-3-10(16)4-2-9/h1-8H. The lowest BCUT2D eigenvalue weighted by molar-refractivity contribution is 0.628. The summed E-state index contributed by atoms with van der Waals surface area (Å²) in [6.07, 6.45) is 0. The average Bonchev–Trinajstić information content (AvgIpc) is 2.81. The molecule has 0 N–H and O–H groups in total. The van der Waals surface area contributed by atoms with E-state index in [0.717, 1.165) is 26.2 Å². The summed E-state index contributed by atoms with van der Waals surface area (Å²) >= 11 is 7.75. The molecule has 0 spiro atoms. The molecule has 0 aliphatic carbocycles. The summed E-state index contributed by atoms with van der Waals surface area (Å²) in [5.74, 6) is -0.218. The van der Waals surface area contributed by atoms with Crippen LogP contribution in [0.1, 0.15) is 0 Å². The zero-order chi connectivity index (χ0) is 11.8. The van der Waals surface area contributed by atoms with E-state index in [1.807, 2.05) is 23.6 Å². The molecule has 0 radical (unpaired) electrons. The number of rotatable bonds is 1. The maximum absolute atomic E-state index is 12.9. The largest absolute Gasteiger partial charge is 0.207 e. The van der Waals surface area contributed by atoms with Crippen LogP contribution in [0.3, 0.4) is 0 Å². The smallest absolute Gasteiger partial charge is 0.123 e. The summed E-state index contributed by atoms with van der Waals surface area (Å²) in [6.45, 7) is 0. The predicted octanol–water partition coefficient (Wildman–Crippen LogP) is 5.36. The molecule has 3 heteroatoms. The second-order valence-electron chi connectivity index (χ2n) is 3.77.